The second-order valence-corrected chi connectivity index (χ2v) is 3.33. The summed E-state index contributed by atoms with van der Waals surface area (Å²) in [5, 5.41) is 19.3. The SMILES string of the molecule is C/C=C/CC(O)(CO)c1ccccc1. The number of hydrogen-bond donors (Lipinski definition) is 2. The fraction of sp³-hybridized carbons (Fsp3) is 0.333. The molecule has 0 aromatic heterocycles. The third-order valence-corrected chi connectivity index (χ3v) is 2.26. The first kappa shape index (κ1) is 11.0. The van der Waals surface area contributed by atoms with Gasteiger partial charge in [0.05, 0.1) is 6.61 Å². The van der Waals surface area contributed by atoms with E-state index >= 15 is 0 Å². The van der Waals surface area contributed by atoms with Gasteiger partial charge in [-0.05, 0) is 12.5 Å². The standard InChI is InChI=1S/C12H16O2/c1-2-3-9-12(14,10-13)11-7-5-4-6-8-11/h2-8,13-14H,9-10H2,1H3/b3-2+. The summed E-state index contributed by atoms with van der Waals surface area (Å²) in [7, 11) is 0. The Labute approximate surface area is 84.5 Å². The van der Waals surface area contributed by atoms with E-state index in [0.717, 1.165) is 5.56 Å². The van der Waals surface area contributed by atoms with Crippen LogP contribution in [0.5, 0.6) is 0 Å². The molecule has 0 aliphatic rings. The van der Waals surface area contributed by atoms with Crippen molar-refractivity contribution in [1.82, 2.24) is 0 Å². The zero-order chi connectivity index (χ0) is 10.4. The normalized spacial score (nSPS) is 15.6. The van der Waals surface area contributed by atoms with E-state index in [-0.39, 0.29) is 6.61 Å². The molecule has 0 amide bonds. The molecule has 2 N–H and O–H groups in total. The fourth-order valence-corrected chi connectivity index (χ4v) is 1.33. The summed E-state index contributed by atoms with van der Waals surface area (Å²) in [5.74, 6) is 0. The number of hydrogen-bond acceptors (Lipinski definition) is 2. The lowest BCUT2D eigenvalue weighted by molar-refractivity contribution is -0.0165. The highest BCUT2D eigenvalue weighted by atomic mass is 16.3. The minimum absolute atomic E-state index is 0.263. The lowest BCUT2D eigenvalue weighted by atomic mass is 9.91. The topological polar surface area (TPSA) is 40.5 Å². The van der Waals surface area contributed by atoms with Crippen LogP contribution in [0.1, 0.15) is 18.9 Å². The van der Waals surface area contributed by atoms with Gasteiger partial charge in [-0.25, -0.2) is 0 Å². The lowest BCUT2D eigenvalue weighted by Gasteiger charge is -2.24. The van der Waals surface area contributed by atoms with Crippen molar-refractivity contribution in [3.63, 3.8) is 0 Å². The van der Waals surface area contributed by atoms with Crippen molar-refractivity contribution >= 4 is 0 Å². The predicted molar refractivity (Wildman–Crippen MR) is 56.9 cm³/mol. The predicted octanol–water partition coefficient (Wildman–Crippen LogP) is 1.83. The van der Waals surface area contributed by atoms with Crippen molar-refractivity contribution in [3.8, 4) is 0 Å². The van der Waals surface area contributed by atoms with Gasteiger partial charge in [-0.15, -0.1) is 0 Å². The maximum absolute atomic E-state index is 10.1. The molecule has 1 aromatic rings. The largest absolute Gasteiger partial charge is 0.393 e. The van der Waals surface area contributed by atoms with Gasteiger partial charge in [0, 0.05) is 6.42 Å². The first-order valence-electron chi connectivity index (χ1n) is 4.73. The summed E-state index contributed by atoms with van der Waals surface area (Å²) >= 11 is 0. The summed E-state index contributed by atoms with van der Waals surface area (Å²) in [4.78, 5) is 0. The zero-order valence-corrected chi connectivity index (χ0v) is 8.35. The van der Waals surface area contributed by atoms with Crippen LogP contribution in [0.25, 0.3) is 0 Å². The van der Waals surface area contributed by atoms with Crippen molar-refractivity contribution in [2.24, 2.45) is 0 Å². The van der Waals surface area contributed by atoms with Crippen LogP contribution < -0.4 is 0 Å². The summed E-state index contributed by atoms with van der Waals surface area (Å²) in [6, 6.07) is 9.23. The van der Waals surface area contributed by atoms with Gasteiger partial charge in [-0.2, -0.15) is 0 Å². The molecule has 0 aliphatic heterocycles. The maximum atomic E-state index is 10.1. The van der Waals surface area contributed by atoms with E-state index in [9.17, 15) is 10.2 Å². The van der Waals surface area contributed by atoms with Crippen molar-refractivity contribution in [2.75, 3.05) is 6.61 Å². The number of allylic oxidation sites excluding steroid dienone is 1. The van der Waals surface area contributed by atoms with Crippen LogP contribution in [0, 0.1) is 0 Å². The fourth-order valence-electron chi connectivity index (χ4n) is 1.33. The molecule has 1 aromatic carbocycles. The van der Waals surface area contributed by atoms with Crippen molar-refractivity contribution in [1.29, 1.82) is 0 Å². The first-order valence-corrected chi connectivity index (χ1v) is 4.73. The van der Waals surface area contributed by atoms with Crippen molar-refractivity contribution in [3.05, 3.63) is 48.0 Å². The van der Waals surface area contributed by atoms with Gasteiger partial charge in [0.2, 0.25) is 0 Å². The molecule has 0 heterocycles. The van der Waals surface area contributed by atoms with Crippen LogP contribution in [0.2, 0.25) is 0 Å². The van der Waals surface area contributed by atoms with Crippen LogP contribution >= 0.6 is 0 Å². The molecular formula is C12H16O2. The molecule has 0 aliphatic carbocycles. The molecule has 0 radical (unpaired) electrons. The number of benzene rings is 1. The number of rotatable bonds is 4. The van der Waals surface area contributed by atoms with Gasteiger partial charge in [0.15, 0.2) is 0 Å². The Balaban J connectivity index is 2.89. The monoisotopic (exact) mass is 192 g/mol. The minimum Gasteiger partial charge on any atom is -0.393 e. The summed E-state index contributed by atoms with van der Waals surface area (Å²) < 4.78 is 0. The Morgan fingerprint density at radius 2 is 1.93 bits per heavy atom. The molecule has 0 bridgehead atoms. The Morgan fingerprint density at radius 1 is 1.29 bits per heavy atom. The molecular weight excluding hydrogens is 176 g/mol. The van der Waals surface area contributed by atoms with E-state index in [1.807, 2.05) is 49.4 Å². The Hall–Kier alpha value is -1.12. The summed E-state index contributed by atoms with van der Waals surface area (Å²) in [5.41, 5.74) is -0.395. The van der Waals surface area contributed by atoms with Gasteiger partial charge in [-0.3, -0.25) is 0 Å². The molecule has 0 fully saturated rings. The zero-order valence-electron chi connectivity index (χ0n) is 8.35. The quantitative estimate of drug-likeness (QED) is 0.714. The average Bonchev–Trinajstić information content (AvgIpc) is 2.27. The molecule has 2 nitrogen and oxygen atoms in total. The van der Waals surface area contributed by atoms with Crippen LogP contribution in [0.3, 0.4) is 0 Å². The third-order valence-electron chi connectivity index (χ3n) is 2.26. The Morgan fingerprint density at radius 3 is 2.43 bits per heavy atom. The van der Waals surface area contributed by atoms with E-state index in [2.05, 4.69) is 0 Å². The van der Waals surface area contributed by atoms with E-state index < -0.39 is 5.60 Å². The highest BCUT2D eigenvalue weighted by molar-refractivity contribution is 5.23. The van der Waals surface area contributed by atoms with E-state index in [0.29, 0.717) is 6.42 Å². The molecule has 2 heteroatoms. The second-order valence-electron chi connectivity index (χ2n) is 3.33. The van der Waals surface area contributed by atoms with Gasteiger partial charge in [0.25, 0.3) is 0 Å². The number of aliphatic hydroxyl groups is 2. The van der Waals surface area contributed by atoms with Crippen molar-refractivity contribution < 1.29 is 10.2 Å². The average molecular weight is 192 g/mol. The molecule has 1 unspecified atom stereocenters. The van der Waals surface area contributed by atoms with Gasteiger partial charge >= 0.3 is 0 Å². The molecule has 76 valence electrons. The molecule has 14 heavy (non-hydrogen) atoms. The van der Waals surface area contributed by atoms with Gasteiger partial charge in [-0.1, -0.05) is 42.5 Å². The molecule has 1 atom stereocenters. The Kier molecular flexibility index (Phi) is 3.86. The minimum atomic E-state index is -1.15. The summed E-state index contributed by atoms with van der Waals surface area (Å²) in [6.07, 6.45) is 4.15. The molecule has 1 rings (SSSR count). The summed E-state index contributed by atoms with van der Waals surface area (Å²) in [6.45, 7) is 1.63. The van der Waals surface area contributed by atoms with Crippen LogP contribution in [-0.4, -0.2) is 16.8 Å². The van der Waals surface area contributed by atoms with E-state index in [4.69, 9.17) is 0 Å². The van der Waals surface area contributed by atoms with Gasteiger partial charge < -0.3 is 10.2 Å². The van der Waals surface area contributed by atoms with Crippen molar-refractivity contribution in [2.45, 2.75) is 18.9 Å². The smallest absolute Gasteiger partial charge is 0.116 e. The van der Waals surface area contributed by atoms with E-state index in [1.54, 1.807) is 0 Å². The van der Waals surface area contributed by atoms with Gasteiger partial charge in [0.1, 0.15) is 5.60 Å². The lowest BCUT2D eigenvalue weighted by Crippen LogP contribution is -2.29. The van der Waals surface area contributed by atoms with Crippen LogP contribution in [0.15, 0.2) is 42.5 Å². The van der Waals surface area contributed by atoms with E-state index in [1.165, 1.54) is 0 Å². The highest BCUT2D eigenvalue weighted by Crippen LogP contribution is 2.24. The van der Waals surface area contributed by atoms with Crippen LogP contribution in [0.4, 0.5) is 0 Å². The first-order chi connectivity index (χ1) is 6.73. The number of aliphatic hydroxyl groups excluding tert-OH is 1. The molecule has 0 saturated heterocycles. The molecule has 0 saturated carbocycles. The third kappa shape index (κ3) is 2.44. The second kappa shape index (κ2) is 4.94. The highest BCUT2D eigenvalue weighted by Gasteiger charge is 2.26. The Bertz CT molecular complexity index is 292. The maximum Gasteiger partial charge on any atom is 0.116 e. The molecule has 0 spiro atoms. The van der Waals surface area contributed by atoms with Crippen LogP contribution in [-0.2, 0) is 5.60 Å².